The predicted molar refractivity (Wildman–Crippen MR) is 114 cm³/mol. The number of carbonyl (C=O) groups is 3. The van der Waals surface area contributed by atoms with E-state index < -0.39 is 22.6 Å². The molecule has 0 aromatic heterocycles. The molecular formula is C21H18ClN3O7. The molecule has 1 aliphatic heterocycles. The molecule has 0 saturated carbocycles. The van der Waals surface area contributed by atoms with Gasteiger partial charge in [-0.2, -0.15) is 0 Å². The number of non-ortho nitro benzene ring substituents is 1. The zero-order valence-corrected chi connectivity index (χ0v) is 17.6. The minimum atomic E-state index is -0.762. The van der Waals surface area contributed by atoms with Crippen molar-refractivity contribution in [1.82, 2.24) is 4.90 Å². The van der Waals surface area contributed by atoms with Crippen LogP contribution in [-0.4, -0.2) is 59.4 Å². The highest BCUT2D eigenvalue weighted by Crippen LogP contribution is 2.30. The molecule has 0 atom stereocenters. The first-order chi connectivity index (χ1) is 15.3. The second-order valence-electron chi connectivity index (χ2n) is 6.72. The summed E-state index contributed by atoms with van der Waals surface area (Å²) in [6, 6.07) is 9.69. The van der Waals surface area contributed by atoms with Crippen LogP contribution in [0.3, 0.4) is 0 Å². The number of esters is 1. The van der Waals surface area contributed by atoms with Crippen molar-refractivity contribution < 1.29 is 29.2 Å². The SMILES string of the molecule is COC(=O)C1=C(Nc2ccc([N+](=O)[O-])cc2C(=O)c2ccccc2Cl)C(=O)N(CCO)C1. The van der Waals surface area contributed by atoms with Crippen molar-refractivity contribution in [3.8, 4) is 0 Å². The zero-order chi connectivity index (χ0) is 23.4. The van der Waals surface area contributed by atoms with Gasteiger partial charge in [0.2, 0.25) is 0 Å². The second kappa shape index (κ2) is 9.58. The van der Waals surface area contributed by atoms with Gasteiger partial charge in [0.1, 0.15) is 5.70 Å². The van der Waals surface area contributed by atoms with Crippen molar-refractivity contribution in [1.29, 1.82) is 0 Å². The Hall–Kier alpha value is -3.76. The number of halogens is 1. The number of rotatable bonds is 8. The highest BCUT2D eigenvalue weighted by Gasteiger charge is 2.35. The summed E-state index contributed by atoms with van der Waals surface area (Å²) < 4.78 is 4.74. The van der Waals surface area contributed by atoms with Crippen molar-refractivity contribution in [3.63, 3.8) is 0 Å². The number of nitrogens with one attached hydrogen (secondary N) is 1. The molecule has 3 rings (SSSR count). The average molecular weight is 460 g/mol. The topological polar surface area (TPSA) is 139 Å². The lowest BCUT2D eigenvalue weighted by Crippen LogP contribution is -2.31. The number of aliphatic hydroxyl groups is 1. The molecule has 1 amide bonds. The standard InChI is InChI=1S/C21H18ClN3O7/c1-32-21(29)15-11-24(8-9-26)20(28)18(15)23-17-7-6-12(25(30)31)10-14(17)19(27)13-4-2-3-5-16(13)22/h2-7,10,23,26H,8-9,11H2,1H3. The second-order valence-corrected chi connectivity index (χ2v) is 7.12. The number of benzene rings is 2. The normalized spacial score (nSPS) is 13.3. The van der Waals surface area contributed by atoms with E-state index in [1.165, 1.54) is 23.1 Å². The van der Waals surface area contributed by atoms with Crippen LogP contribution < -0.4 is 5.32 Å². The molecule has 0 unspecified atom stereocenters. The Labute approximate surface area is 187 Å². The van der Waals surface area contributed by atoms with Gasteiger partial charge < -0.3 is 20.1 Å². The van der Waals surface area contributed by atoms with E-state index in [9.17, 15) is 29.6 Å². The fourth-order valence-electron chi connectivity index (χ4n) is 3.22. The van der Waals surface area contributed by atoms with Crippen LogP contribution in [0.25, 0.3) is 0 Å². The van der Waals surface area contributed by atoms with Crippen molar-refractivity contribution in [2.45, 2.75) is 0 Å². The first-order valence-electron chi connectivity index (χ1n) is 9.34. The fraction of sp³-hybridized carbons (Fsp3) is 0.190. The Balaban J connectivity index is 2.10. The number of anilines is 1. The highest BCUT2D eigenvalue weighted by molar-refractivity contribution is 6.35. The molecule has 10 nitrogen and oxygen atoms in total. The van der Waals surface area contributed by atoms with E-state index in [0.29, 0.717) is 0 Å². The van der Waals surface area contributed by atoms with Crippen molar-refractivity contribution in [2.75, 3.05) is 32.1 Å². The lowest BCUT2D eigenvalue weighted by atomic mass is 10.0. The summed E-state index contributed by atoms with van der Waals surface area (Å²) in [5, 5.41) is 23.4. The van der Waals surface area contributed by atoms with Gasteiger partial charge in [-0.25, -0.2) is 4.79 Å². The van der Waals surface area contributed by atoms with Crippen LogP contribution in [0.2, 0.25) is 5.02 Å². The summed E-state index contributed by atoms with van der Waals surface area (Å²) in [6.07, 6.45) is 0. The van der Waals surface area contributed by atoms with Crippen LogP contribution >= 0.6 is 11.6 Å². The molecule has 1 heterocycles. The number of ketones is 1. The zero-order valence-electron chi connectivity index (χ0n) is 16.8. The summed E-state index contributed by atoms with van der Waals surface area (Å²) in [6.45, 7) is -0.438. The van der Waals surface area contributed by atoms with Gasteiger partial charge in [0, 0.05) is 24.2 Å². The van der Waals surface area contributed by atoms with Gasteiger partial charge in [-0.15, -0.1) is 0 Å². The third-order valence-electron chi connectivity index (χ3n) is 4.79. The van der Waals surface area contributed by atoms with Gasteiger partial charge in [0.05, 0.1) is 47.0 Å². The molecule has 2 aromatic rings. The molecule has 0 spiro atoms. The molecule has 2 aromatic carbocycles. The van der Waals surface area contributed by atoms with Crippen molar-refractivity contribution in [2.24, 2.45) is 0 Å². The Kier molecular flexibility index (Phi) is 6.86. The number of β-amino-alcohol motifs (C(OH)–C–C–N with tert-alkyl or cyclic N) is 1. The van der Waals surface area contributed by atoms with Crippen LogP contribution in [0, 0.1) is 10.1 Å². The minimum Gasteiger partial charge on any atom is -0.466 e. The minimum absolute atomic E-state index is 0.000412. The van der Waals surface area contributed by atoms with Gasteiger partial charge in [-0.3, -0.25) is 19.7 Å². The number of hydrogen-bond acceptors (Lipinski definition) is 8. The molecule has 166 valence electrons. The van der Waals surface area contributed by atoms with Gasteiger partial charge in [-0.1, -0.05) is 23.7 Å². The van der Waals surface area contributed by atoms with E-state index in [4.69, 9.17) is 16.3 Å². The Morgan fingerprint density at radius 2 is 1.97 bits per heavy atom. The van der Waals surface area contributed by atoms with E-state index in [-0.39, 0.29) is 58.5 Å². The number of carbonyl (C=O) groups excluding carboxylic acids is 3. The average Bonchev–Trinajstić information content (AvgIpc) is 3.08. The smallest absolute Gasteiger partial charge is 0.337 e. The monoisotopic (exact) mass is 459 g/mol. The third-order valence-corrected chi connectivity index (χ3v) is 5.12. The van der Waals surface area contributed by atoms with E-state index in [0.717, 1.165) is 19.2 Å². The van der Waals surface area contributed by atoms with E-state index in [1.54, 1.807) is 12.1 Å². The first kappa shape index (κ1) is 22.9. The number of methoxy groups -OCH3 is 1. The van der Waals surface area contributed by atoms with Crippen LogP contribution in [0.15, 0.2) is 53.7 Å². The molecule has 0 bridgehead atoms. The Bertz CT molecular complexity index is 1150. The highest BCUT2D eigenvalue weighted by atomic mass is 35.5. The molecule has 2 N–H and O–H groups in total. The van der Waals surface area contributed by atoms with Gasteiger partial charge >= 0.3 is 5.97 Å². The fourth-order valence-corrected chi connectivity index (χ4v) is 3.44. The molecule has 0 aliphatic carbocycles. The van der Waals surface area contributed by atoms with Gasteiger partial charge in [0.25, 0.3) is 11.6 Å². The summed E-state index contributed by atoms with van der Waals surface area (Å²) in [7, 11) is 1.16. The maximum Gasteiger partial charge on any atom is 0.337 e. The van der Waals surface area contributed by atoms with Gasteiger partial charge in [0.15, 0.2) is 5.78 Å². The third kappa shape index (κ3) is 4.46. The number of nitro benzene ring substituents is 1. The summed E-state index contributed by atoms with van der Waals surface area (Å²) >= 11 is 6.12. The molecule has 0 fully saturated rings. The molecule has 1 aliphatic rings. The van der Waals surface area contributed by atoms with E-state index in [2.05, 4.69) is 5.32 Å². The number of hydrogen-bond donors (Lipinski definition) is 2. The molecule has 0 radical (unpaired) electrons. The van der Waals surface area contributed by atoms with Crippen LogP contribution in [0.5, 0.6) is 0 Å². The lowest BCUT2D eigenvalue weighted by Gasteiger charge is -2.16. The molecular weight excluding hydrogens is 442 g/mol. The number of nitrogens with zero attached hydrogens (tertiary/aromatic N) is 2. The molecule has 0 saturated heterocycles. The quantitative estimate of drug-likeness (QED) is 0.265. The summed E-state index contributed by atoms with van der Waals surface area (Å²) in [5.74, 6) is -1.96. The van der Waals surface area contributed by atoms with Crippen molar-refractivity contribution >= 4 is 40.6 Å². The Morgan fingerprint density at radius 1 is 1.25 bits per heavy atom. The van der Waals surface area contributed by atoms with Gasteiger partial charge in [-0.05, 0) is 18.2 Å². The molecule has 11 heteroatoms. The van der Waals surface area contributed by atoms with E-state index >= 15 is 0 Å². The van der Waals surface area contributed by atoms with Crippen molar-refractivity contribution in [3.05, 3.63) is 80.0 Å². The maximum atomic E-state index is 13.2. The van der Waals surface area contributed by atoms with Crippen LogP contribution in [0.1, 0.15) is 15.9 Å². The maximum absolute atomic E-state index is 13.2. The predicted octanol–water partition coefficient (Wildman–Crippen LogP) is 2.15. The van der Waals surface area contributed by atoms with E-state index in [1.807, 2.05) is 0 Å². The first-order valence-corrected chi connectivity index (χ1v) is 9.72. The summed E-state index contributed by atoms with van der Waals surface area (Å²) in [5.41, 5.74) is -0.423. The number of aliphatic hydroxyl groups excluding tert-OH is 1. The number of nitro groups is 1. The van der Waals surface area contributed by atoms with Crippen LogP contribution in [-0.2, 0) is 14.3 Å². The Morgan fingerprint density at radius 3 is 2.59 bits per heavy atom. The number of ether oxygens (including phenoxy) is 1. The lowest BCUT2D eigenvalue weighted by molar-refractivity contribution is -0.384. The number of amides is 1. The summed E-state index contributed by atoms with van der Waals surface area (Å²) in [4.78, 5) is 50.0. The van der Waals surface area contributed by atoms with Crippen LogP contribution in [0.4, 0.5) is 11.4 Å². The molecule has 32 heavy (non-hydrogen) atoms. The largest absolute Gasteiger partial charge is 0.466 e.